The van der Waals surface area contributed by atoms with Gasteiger partial charge in [-0.3, -0.25) is 0 Å². The largest absolute Gasteiger partial charge is 0.432 e. The molecule has 0 spiro atoms. The van der Waals surface area contributed by atoms with Gasteiger partial charge in [0.05, 0.1) is 6.20 Å². The number of carbonyl (C=O) groups excluding carboxylic acids is 1. The molecule has 0 saturated heterocycles. The number of rotatable bonds is 4. The number of aromatic nitrogens is 1. The van der Waals surface area contributed by atoms with Crippen LogP contribution in [0.15, 0.2) is 16.9 Å². The van der Waals surface area contributed by atoms with Gasteiger partial charge in [0.1, 0.15) is 6.26 Å². The number of hydrogen-bond donors (Lipinski definition) is 2. The van der Waals surface area contributed by atoms with Crippen LogP contribution in [0.3, 0.4) is 0 Å². The second kappa shape index (κ2) is 4.46. The maximum atomic E-state index is 10.9. The minimum absolute atomic E-state index is 0.209. The molecule has 1 aromatic rings. The van der Waals surface area contributed by atoms with Crippen LogP contribution in [0, 0.1) is 0 Å². The highest BCUT2D eigenvalue weighted by Gasteiger charge is 2.15. The van der Waals surface area contributed by atoms with Gasteiger partial charge < -0.3 is 15.9 Å². The smallest absolute Gasteiger partial charge is 0.322 e. The molecule has 0 aromatic carbocycles. The number of carbonyl (C=O) groups is 1. The van der Waals surface area contributed by atoms with Crippen LogP contribution in [0.5, 0.6) is 0 Å². The first-order valence-corrected chi connectivity index (χ1v) is 3.92. The first-order valence-electron chi connectivity index (χ1n) is 3.92. The molecule has 0 aliphatic rings. The highest BCUT2D eigenvalue weighted by molar-refractivity contribution is 5.88. The van der Waals surface area contributed by atoms with Crippen molar-refractivity contribution in [2.24, 2.45) is 11.5 Å². The SMILES string of the molecule is NCCCN(C(N)=O)c1ncco1. The Labute approximate surface area is 75.5 Å². The number of amides is 2. The van der Waals surface area contributed by atoms with Crippen LogP contribution in [0.4, 0.5) is 10.8 Å². The Hall–Kier alpha value is -1.56. The summed E-state index contributed by atoms with van der Waals surface area (Å²) < 4.78 is 4.93. The zero-order valence-corrected chi connectivity index (χ0v) is 7.14. The van der Waals surface area contributed by atoms with Gasteiger partial charge in [0.15, 0.2) is 0 Å². The van der Waals surface area contributed by atoms with Crippen molar-refractivity contribution >= 4 is 12.0 Å². The molecule has 1 rings (SSSR count). The number of primary amides is 1. The third-order valence-electron chi connectivity index (χ3n) is 1.50. The summed E-state index contributed by atoms with van der Waals surface area (Å²) >= 11 is 0. The Morgan fingerprint density at radius 1 is 1.69 bits per heavy atom. The highest BCUT2D eigenvalue weighted by atomic mass is 16.4. The van der Waals surface area contributed by atoms with E-state index in [1.807, 2.05) is 0 Å². The average Bonchev–Trinajstić information content (AvgIpc) is 2.57. The van der Waals surface area contributed by atoms with Crippen molar-refractivity contribution in [1.82, 2.24) is 4.98 Å². The summed E-state index contributed by atoms with van der Waals surface area (Å²) in [6.07, 6.45) is 3.49. The van der Waals surface area contributed by atoms with Crippen molar-refractivity contribution in [2.45, 2.75) is 6.42 Å². The van der Waals surface area contributed by atoms with E-state index in [1.165, 1.54) is 17.4 Å². The minimum Gasteiger partial charge on any atom is -0.432 e. The quantitative estimate of drug-likeness (QED) is 0.683. The van der Waals surface area contributed by atoms with Gasteiger partial charge in [-0.25, -0.2) is 14.7 Å². The number of hydrogen-bond acceptors (Lipinski definition) is 4. The zero-order valence-electron chi connectivity index (χ0n) is 7.14. The van der Waals surface area contributed by atoms with Crippen LogP contribution in [0.1, 0.15) is 6.42 Å². The first kappa shape index (κ1) is 9.53. The predicted molar refractivity (Wildman–Crippen MR) is 47.1 cm³/mol. The van der Waals surface area contributed by atoms with Crippen LogP contribution >= 0.6 is 0 Å². The van der Waals surface area contributed by atoms with Crippen LogP contribution in [0.25, 0.3) is 0 Å². The van der Waals surface area contributed by atoms with Crippen molar-refractivity contribution in [3.63, 3.8) is 0 Å². The Morgan fingerprint density at radius 3 is 2.92 bits per heavy atom. The summed E-state index contributed by atoms with van der Waals surface area (Å²) in [5.74, 6) is 0. The highest BCUT2D eigenvalue weighted by Crippen LogP contribution is 2.09. The van der Waals surface area contributed by atoms with Crippen LogP contribution in [0.2, 0.25) is 0 Å². The third-order valence-corrected chi connectivity index (χ3v) is 1.50. The van der Waals surface area contributed by atoms with Gasteiger partial charge >= 0.3 is 12.0 Å². The molecule has 0 aliphatic carbocycles. The second-order valence-electron chi connectivity index (χ2n) is 2.45. The molecule has 13 heavy (non-hydrogen) atoms. The van der Waals surface area contributed by atoms with Crippen molar-refractivity contribution < 1.29 is 9.21 Å². The maximum Gasteiger partial charge on any atom is 0.322 e. The fourth-order valence-electron chi connectivity index (χ4n) is 0.899. The number of nitrogens with zero attached hydrogens (tertiary/aromatic N) is 2. The summed E-state index contributed by atoms with van der Waals surface area (Å²) in [5.41, 5.74) is 10.4. The Morgan fingerprint density at radius 2 is 2.46 bits per heavy atom. The number of anilines is 1. The summed E-state index contributed by atoms with van der Waals surface area (Å²) in [4.78, 5) is 16.0. The Bertz CT molecular complexity index is 259. The molecule has 4 N–H and O–H groups in total. The summed E-state index contributed by atoms with van der Waals surface area (Å²) in [6, 6.07) is -0.378. The lowest BCUT2D eigenvalue weighted by atomic mass is 10.4. The summed E-state index contributed by atoms with van der Waals surface area (Å²) in [6.45, 7) is 0.914. The molecule has 6 nitrogen and oxygen atoms in total. The molecule has 0 bridgehead atoms. The fraction of sp³-hybridized carbons (Fsp3) is 0.429. The Balaban J connectivity index is 2.63. The Kier molecular flexibility index (Phi) is 3.27. The topological polar surface area (TPSA) is 98.4 Å². The number of oxazole rings is 1. The molecule has 0 aliphatic heterocycles. The number of nitrogens with two attached hydrogens (primary N) is 2. The van der Waals surface area contributed by atoms with E-state index in [9.17, 15) is 4.79 Å². The summed E-state index contributed by atoms with van der Waals surface area (Å²) in [5, 5.41) is 0. The van der Waals surface area contributed by atoms with Crippen molar-refractivity contribution in [3.05, 3.63) is 12.5 Å². The molecule has 1 aromatic heterocycles. The lowest BCUT2D eigenvalue weighted by molar-refractivity contribution is 0.252. The second-order valence-corrected chi connectivity index (χ2v) is 2.45. The van der Waals surface area contributed by atoms with Gasteiger partial charge in [0.25, 0.3) is 0 Å². The molecule has 0 saturated carbocycles. The van der Waals surface area contributed by atoms with Gasteiger partial charge in [-0.05, 0) is 13.0 Å². The van der Waals surface area contributed by atoms with E-state index in [-0.39, 0.29) is 6.01 Å². The van der Waals surface area contributed by atoms with E-state index in [0.29, 0.717) is 19.5 Å². The van der Waals surface area contributed by atoms with E-state index in [0.717, 1.165) is 0 Å². The lowest BCUT2D eigenvalue weighted by Gasteiger charge is -2.14. The van der Waals surface area contributed by atoms with Gasteiger partial charge in [-0.1, -0.05) is 0 Å². The maximum absolute atomic E-state index is 10.9. The van der Waals surface area contributed by atoms with Crippen molar-refractivity contribution in [2.75, 3.05) is 18.0 Å². The predicted octanol–water partition coefficient (Wildman–Crippen LogP) is -0.0915. The summed E-state index contributed by atoms with van der Waals surface area (Å²) in [7, 11) is 0. The van der Waals surface area contributed by atoms with Crippen LogP contribution in [-0.2, 0) is 0 Å². The van der Waals surface area contributed by atoms with E-state index in [2.05, 4.69) is 4.98 Å². The van der Waals surface area contributed by atoms with E-state index < -0.39 is 6.03 Å². The van der Waals surface area contributed by atoms with Gasteiger partial charge in [-0.15, -0.1) is 0 Å². The third kappa shape index (κ3) is 2.45. The monoisotopic (exact) mass is 184 g/mol. The van der Waals surface area contributed by atoms with Crippen molar-refractivity contribution in [3.8, 4) is 0 Å². The van der Waals surface area contributed by atoms with E-state index in [4.69, 9.17) is 15.9 Å². The minimum atomic E-state index is -0.587. The first-order chi connectivity index (χ1) is 6.25. The van der Waals surface area contributed by atoms with Crippen LogP contribution < -0.4 is 16.4 Å². The molecular weight excluding hydrogens is 172 g/mol. The molecule has 6 heteroatoms. The molecule has 0 unspecified atom stereocenters. The van der Waals surface area contributed by atoms with Crippen molar-refractivity contribution in [1.29, 1.82) is 0 Å². The lowest BCUT2D eigenvalue weighted by Crippen LogP contribution is -2.37. The average molecular weight is 184 g/mol. The molecule has 1 heterocycles. The molecule has 0 fully saturated rings. The molecule has 72 valence electrons. The zero-order chi connectivity index (χ0) is 9.68. The van der Waals surface area contributed by atoms with E-state index >= 15 is 0 Å². The van der Waals surface area contributed by atoms with Gasteiger partial charge in [-0.2, -0.15) is 0 Å². The van der Waals surface area contributed by atoms with Crippen LogP contribution in [-0.4, -0.2) is 24.1 Å². The number of urea groups is 1. The normalized spacial score (nSPS) is 9.92. The van der Waals surface area contributed by atoms with Gasteiger partial charge in [0, 0.05) is 6.54 Å². The van der Waals surface area contributed by atoms with Gasteiger partial charge in [0.2, 0.25) is 0 Å². The molecule has 0 radical (unpaired) electrons. The molecule has 2 amide bonds. The molecular formula is C7H12N4O2. The van der Waals surface area contributed by atoms with E-state index in [1.54, 1.807) is 0 Å². The fourth-order valence-corrected chi connectivity index (χ4v) is 0.899. The molecule has 0 atom stereocenters. The standard InChI is InChI=1S/C7H12N4O2/c8-2-1-4-11(6(9)12)7-10-3-5-13-7/h3,5H,1-2,4,8H2,(H2,9,12).